The van der Waals surface area contributed by atoms with Crippen molar-refractivity contribution in [2.45, 2.75) is 26.2 Å². The van der Waals surface area contributed by atoms with Crippen molar-refractivity contribution in [3.63, 3.8) is 0 Å². The standard InChI is InChI=1S/C19H20N2O/c1-3-14(2)18(16-9-5-4-6-10-16)19(22)21-17-11-7-8-15(12-17)13-20/h4-12,14,18H,3H2,1-2H3,(H,21,22)/t14-,18-/m0/s1. The maximum absolute atomic E-state index is 12.7. The average molecular weight is 292 g/mol. The summed E-state index contributed by atoms with van der Waals surface area (Å²) < 4.78 is 0. The van der Waals surface area contributed by atoms with Crippen molar-refractivity contribution in [1.82, 2.24) is 0 Å². The highest BCUT2D eigenvalue weighted by Crippen LogP contribution is 2.28. The molecule has 2 rings (SSSR count). The highest BCUT2D eigenvalue weighted by molar-refractivity contribution is 5.96. The lowest BCUT2D eigenvalue weighted by molar-refractivity contribution is -0.118. The van der Waals surface area contributed by atoms with E-state index in [-0.39, 0.29) is 17.7 Å². The molecule has 0 bridgehead atoms. The van der Waals surface area contributed by atoms with E-state index in [0.29, 0.717) is 11.3 Å². The summed E-state index contributed by atoms with van der Waals surface area (Å²) in [6.45, 7) is 4.17. The molecule has 0 heterocycles. The Morgan fingerprint density at radius 2 is 1.91 bits per heavy atom. The molecule has 3 nitrogen and oxygen atoms in total. The number of amides is 1. The number of carbonyl (C=O) groups excluding carboxylic acids is 1. The lowest BCUT2D eigenvalue weighted by atomic mass is 9.85. The number of hydrogen-bond donors (Lipinski definition) is 1. The SMILES string of the molecule is CC[C@H](C)[C@H](C(=O)Nc1cccc(C#N)c1)c1ccccc1. The normalized spacial score (nSPS) is 13.0. The summed E-state index contributed by atoms with van der Waals surface area (Å²) in [5, 5.41) is 11.9. The van der Waals surface area contributed by atoms with Gasteiger partial charge in [-0.1, -0.05) is 56.7 Å². The van der Waals surface area contributed by atoms with E-state index in [1.54, 1.807) is 24.3 Å². The van der Waals surface area contributed by atoms with Crippen molar-refractivity contribution >= 4 is 11.6 Å². The molecule has 2 atom stereocenters. The van der Waals surface area contributed by atoms with Gasteiger partial charge in [-0.2, -0.15) is 5.26 Å². The predicted molar refractivity (Wildman–Crippen MR) is 88.4 cm³/mol. The zero-order valence-corrected chi connectivity index (χ0v) is 12.9. The number of hydrogen-bond acceptors (Lipinski definition) is 2. The lowest BCUT2D eigenvalue weighted by Crippen LogP contribution is -2.26. The minimum Gasteiger partial charge on any atom is -0.326 e. The fraction of sp³-hybridized carbons (Fsp3) is 0.263. The zero-order chi connectivity index (χ0) is 15.9. The van der Waals surface area contributed by atoms with Gasteiger partial charge in [-0.3, -0.25) is 4.79 Å². The maximum Gasteiger partial charge on any atom is 0.232 e. The Bertz CT molecular complexity index is 673. The molecule has 2 aromatic carbocycles. The van der Waals surface area contributed by atoms with Gasteiger partial charge < -0.3 is 5.32 Å². The first kappa shape index (κ1) is 15.8. The Morgan fingerprint density at radius 3 is 2.55 bits per heavy atom. The lowest BCUT2D eigenvalue weighted by Gasteiger charge is -2.22. The highest BCUT2D eigenvalue weighted by Gasteiger charge is 2.25. The van der Waals surface area contributed by atoms with Crippen LogP contribution in [0.2, 0.25) is 0 Å². The van der Waals surface area contributed by atoms with Crippen LogP contribution in [0, 0.1) is 17.2 Å². The van der Waals surface area contributed by atoms with Gasteiger partial charge in [0.25, 0.3) is 0 Å². The van der Waals surface area contributed by atoms with Crippen LogP contribution < -0.4 is 5.32 Å². The molecule has 0 unspecified atom stereocenters. The second-order valence-electron chi connectivity index (χ2n) is 5.46. The van der Waals surface area contributed by atoms with Crippen LogP contribution in [0.4, 0.5) is 5.69 Å². The summed E-state index contributed by atoms with van der Waals surface area (Å²) in [4.78, 5) is 12.7. The van der Waals surface area contributed by atoms with E-state index in [0.717, 1.165) is 12.0 Å². The number of rotatable bonds is 5. The molecule has 112 valence electrons. The zero-order valence-electron chi connectivity index (χ0n) is 12.9. The molecular formula is C19H20N2O. The van der Waals surface area contributed by atoms with E-state index in [1.165, 1.54) is 0 Å². The maximum atomic E-state index is 12.7. The summed E-state index contributed by atoms with van der Waals surface area (Å²) in [7, 11) is 0. The molecule has 2 aromatic rings. The van der Waals surface area contributed by atoms with Gasteiger partial charge >= 0.3 is 0 Å². The van der Waals surface area contributed by atoms with Gasteiger partial charge in [0.15, 0.2) is 0 Å². The van der Waals surface area contributed by atoms with Crippen LogP contribution in [-0.2, 0) is 4.79 Å². The molecule has 1 N–H and O–H groups in total. The summed E-state index contributed by atoms with van der Waals surface area (Å²) in [5.41, 5.74) is 2.22. The Morgan fingerprint density at radius 1 is 1.18 bits per heavy atom. The summed E-state index contributed by atoms with van der Waals surface area (Å²) >= 11 is 0. The molecule has 3 heteroatoms. The average Bonchev–Trinajstić information content (AvgIpc) is 2.56. The first-order valence-electron chi connectivity index (χ1n) is 7.51. The van der Waals surface area contributed by atoms with Gasteiger partial charge in [-0.15, -0.1) is 0 Å². The van der Waals surface area contributed by atoms with Gasteiger partial charge in [-0.25, -0.2) is 0 Å². The molecule has 0 fully saturated rings. The summed E-state index contributed by atoms with van der Waals surface area (Å²) in [6.07, 6.45) is 0.922. The number of carbonyl (C=O) groups is 1. The number of nitrogens with zero attached hydrogens (tertiary/aromatic N) is 1. The quantitative estimate of drug-likeness (QED) is 0.892. The van der Waals surface area contributed by atoms with Crippen molar-refractivity contribution in [1.29, 1.82) is 5.26 Å². The van der Waals surface area contributed by atoms with Crippen LogP contribution in [0.1, 0.15) is 37.3 Å². The van der Waals surface area contributed by atoms with Crippen LogP contribution >= 0.6 is 0 Å². The molecule has 0 aliphatic carbocycles. The van der Waals surface area contributed by atoms with Gasteiger partial charge in [0, 0.05) is 5.69 Å². The number of anilines is 1. The topological polar surface area (TPSA) is 52.9 Å². The van der Waals surface area contributed by atoms with Crippen LogP contribution in [0.15, 0.2) is 54.6 Å². The molecule has 0 aliphatic rings. The van der Waals surface area contributed by atoms with Gasteiger partial charge in [0.2, 0.25) is 5.91 Å². The third-order valence-corrected chi connectivity index (χ3v) is 3.91. The summed E-state index contributed by atoms with van der Waals surface area (Å²) in [5.74, 6) is 0.00845. The smallest absolute Gasteiger partial charge is 0.232 e. The van der Waals surface area contributed by atoms with Crippen molar-refractivity contribution in [2.75, 3.05) is 5.32 Å². The molecule has 0 aliphatic heterocycles. The predicted octanol–water partition coefficient (Wildman–Crippen LogP) is 4.33. The Balaban J connectivity index is 2.24. The number of benzene rings is 2. The Kier molecular flexibility index (Phi) is 5.32. The van der Waals surface area contributed by atoms with E-state index in [4.69, 9.17) is 5.26 Å². The highest BCUT2D eigenvalue weighted by atomic mass is 16.1. The van der Waals surface area contributed by atoms with Crippen molar-refractivity contribution in [2.24, 2.45) is 5.92 Å². The molecule has 1 amide bonds. The molecule has 0 spiro atoms. The van der Waals surface area contributed by atoms with Crippen molar-refractivity contribution in [3.05, 3.63) is 65.7 Å². The van der Waals surface area contributed by atoms with E-state index in [1.807, 2.05) is 30.3 Å². The van der Waals surface area contributed by atoms with Gasteiger partial charge in [0.05, 0.1) is 17.6 Å². The van der Waals surface area contributed by atoms with Crippen LogP contribution in [0.5, 0.6) is 0 Å². The number of nitrogens with one attached hydrogen (secondary N) is 1. The Hall–Kier alpha value is -2.60. The van der Waals surface area contributed by atoms with E-state index in [9.17, 15) is 4.79 Å². The van der Waals surface area contributed by atoms with Gasteiger partial charge in [0.1, 0.15) is 0 Å². The first-order valence-corrected chi connectivity index (χ1v) is 7.51. The molecule has 0 saturated carbocycles. The minimum atomic E-state index is -0.197. The fourth-order valence-electron chi connectivity index (χ4n) is 2.52. The van der Waals surface area contributed by atoms with Gasteiger partial charge in [-0.05, 0) is 29.7 Å². The molecular weight excluding hydrogens is 272 g/mol. The van der Waals surface area contributed by atoms with E-state index < -0.39 is 0 Å². The van der Waals surface area contributed by atoms with Crippen molar-refractivity contribution < 1.29 is 4.79 Å². The van der Waals surface area contributed by atoms with E-state index in [2.05, 4.69) is 25.2 Å². The third kappa shape index (κ3) is 3.73. The fourth-order valence-corrected chi connectivity index (χ4v) is 2.52. The third-order valence-electron chi connectivity index (χ3n) is 3.91. The van der Waals surface area contributed by atoms with Crippen LogP contribution in [-0.4, -0.2) is 5.91 Å². The van der Waals surface area contributed by atoms with Crippen LogP contribution in [0.25, 0.3) is 0 Å². The molecule has 0 saturated heterocycles. The van der Waals surface area contributed by atoms with Crippen LogP contribution in [0.3, 0.4) is 0 Å². The second-order valence-corrected chi connectivity index (χ2v) is 5.46. The van der Waals surface area contributed by atoms with E-state index >= 15 is 0 Å². The van der Waals surface area contributed by atoms with Crippen molar-refractivity contribution in [3.8, 4) is 6.07 Å². The monoisotopic (exact) mass is 292 g/mol. The second kappa shape index (κ2) is 7.42. The molecule has 22 heavy (non-hydrogen) atoms. The molecule has 0 radical (unpaired) electrons. The first-order chi connectivity index (χ1) is 10.7. The largest absolute Gasteiger partial charge is 0.326 e. The molecule has 0 aromatic heterocycles. The Labute approximate surface area is 131 Å². The summed E-state index contributed by atoms with van der Waals surface area (Å²) in [6, 6.07) is 18.9. The number of nitriles is 1. The minimum absolute atomic E-state index is 0.0318.